The average Bonchev–Trinajstić information content (AvgIpc) is 3.35. The molecule has 9 nitrogen and oxygen atoms in total. The molecule has 0 radical (unpaired) electrons. The minimum Gasteiger partial charge on any atom is -0.465 e. The maximum atomic E-state index is 14.1. The lowest BCUT2D eigenvalue weighted by molar-refractivity contribution is -0.146. The highest BCUT2D eigenvalue weighted by Crippen LogP contribution is 2.22. The molecule has 0 aliphatic carbocycles. The van der Waals surface area contributed by atoms with Gasteiger partial charge in [0.2, 0.25) is 11.8 Å². The maximum absolute atomic E-state index is 14.1. The molecule has 0 aromatic carbocycles. The molecule has 0 heterocycles. The van der Waals surface area contributed by atoms with Crippen molar-refractivity contribution in [1.29, 1.82) is 0 Å². The summed E-state index contributed by atoms with van der Waals surface area (Å²) in [7, 11) is 0. The summed E-state index contributed by atoms with van der Waals surface area (Å²) in [4.78, 5) is 57.8. The Morgan fingerprint density at radius 3 is 1.26 bits per heavy atom. The van der Waals surface area contributed by atoms with Crippen molar-refractivity contribution in [1.82, 2.24) is 15.1 Å². The van der Waals surface area contributed by atoms with E-state index in [1.54, 1.807) is 0 Å². The molecule has 0 saturated carbocycles. The van der Waals surface area contributed by atoms with Crippen molar-refractivity contribution in [2.24, 2.45) is 11.8 Å². The lowest BCUT2D eigenvalue weighted by atomic mass is 9.96. The zero-order valence-electron chi connectivity index (χ0n) is 47.1. The fourth-order valence-corrected chi connectivity index (χ4v) is 9.72. The van der Waals surface area contributed by atoms with E-state index in [0.29, 0.717) is 63.8 Å². The van der Waals surface area contributed by atoms with Crippen LogP contribution < -0.4 is 5.32 Å². The first-order valence-corrected chi connectivity index (χ1v) is 30.3. The number of rotatable bonds is 53. The summed E-state index contributed by atoms with van der Waals surface area (Å²) in [5.74, 6) is 1.01. The second-order valence-electron chi connectivity index (χ2n) is 20.9. The average molecular weight is 977 g/mol. The number of hydrogen-bond donors (Lipinski definition) is 1. The number of nitrogens with zero attached hydrogens (tertiary/aromatic N) is 2. The van der Waals surface area contributed by atoms with Crippen LogP contribution in [0.2, 0.25) is 0 Å². The summed E-state index contributed by atoms with van der Waals surface area (Å²) < 4.78 is 11.5. The standard InChI is InChI=1S/C60H117N3O6/c1-8-15-20-23-31-38-49-61-60(67)56(45-35-28-24-25-29-36-47-58(65)68-52-54(41-18-11-4)43-33-21-16-9-2)63(57(64)46-40-50-62(13-6)14-7)51-39-32-27-26-30-37-48-59(66)69-53-55(42-19-12-5)44-34-22-17-10-3/h54-56H,8-53H2,1-7H3,(H,61,67). The van der Waals surface area contributed by atoms with E-state index >= 15 is 0 Å². The molecule has 0 aromatic rings. The lowest BCUT2D eigenvalue weighted by Gasteiger charge is -2.32. The van der Waals surface area contributed by atoms with E-state index in [2.05, 4.69) is 58.7 Å². The van der Waals surface area contributed by atoms with E-state index < -0.39 is 6.04 Å². The zero-order valence-corrected chi connectivity index (χ0v) is 47.1. The van der Waals surface area contributed by atoms with E-state index in [4.69, 9.17) is 9.47 Å². The molecule has 0 aliphatic heterocycles. The molecule has 1 N–H and O–H groups in total. The van der Waals surface area contributed by atoms with Gasteiger partial charge in [0.15, 0.2) is 0 Å². The highest BCUT2D eigenvalue weighted by atomic mass is 16.5. The van der Waals surface area contributed by atoms with Crippen LogP contribution in [-0.4, -0.2) is 85.5 Å². The Kier molecular flexibility index (Phi) is 49.2. The first-order valence-electron chi connectivity index (χ1n) is 30.3. The predicted octanol–water partition coefficient (Wildman–Crippen LogP) is 16.3. The molecule has 3 atom stereocenters. The van der Waals surface area contributed by atoms with Gasteiger partial charge in [0.05, 0.1) is 13.2 Å². The molecule has 0 saturated heterocycles. The van der Waals surface area contributed by atoms with Gasteiger partial charge >= 0.3 is 11.9 Å². The van der Waals surface area contributed by atoms with Crippen molar-refractivity contribution in [2.45, 2.75) is 305 Å². The Morgan fingerprint density at radius 2 is 0.783 bits per heavy atom. The van der Waals surface area contributed by atoms with Crippen LogP contribution in [0.25, 0.3) is 0 Å². The van der Waals surface area contributed by atoms with Gasteiger partial charge in [0.25, 0.3) is 0 Å². The van der Waals surface area contributed by atoms with Gasteiger partial charge in [-0.25, -0.2) is 0 Å². The van der Waals surface area contributed by atoms with Gasteiger partial charge < -0.3 is 24.6 Å². The minimum atomic E-state index is -0.447. The van der Waals surface area contributed by atoms with Crippen molar-refractivity contribution in [3.8, 4) is 0 Å². The highest BCUT2D eigenvalue weighted by Gasteiger charge is 2.29. The molecule has 0 aliphatic rings. The van der Waals surface area contributed by atoms with Crippen LogP contribution in [0.5, 0.6) is 0 Å². The van der Waals surface area contributed by atoms with Gasteiger partial charge in [0.1, 0.15) is 6.04 Å². The van der Waals surface area contributed by atoms with Gasteiger partial charge in [-0.05, 0) is 95.7 Å². The summed E-state index contributed by atoms with van der Waals surface area (Å²) in [5, 5.41) is 3.27. The lowest BCUT2D eigenvalue weighted by Crippen LogP contribution is -2.50. The molecular formula is C60H117N3O6. The normalized spacial score (nSPS) is 12.8. The Morgan fingerprint density at radius 1 is 0.391 bits per heavy atom. The number of carbonyl (C=O) groups is 4. The first-order chi connectivity index (χ1) is 33.7. The molecule has 0 aromatic heterocycles. The maximum Gasteiger partial charge on any atom is 0.305 e. The number of hydrogen-bond acceptors (Lipinski definition) is 7. The summed E-state index contributed by atoms with van der Waals surface area (Å²) >= 11 is 0. The van der Waals surface area contributed by atoms with Crippen LogP contribution in [0.3, 0.4) is 0 Å². The third-order valence-electron chi connectivity index (χ3n) is 14.6. The van der Waals surface area contributed by atoms with E-state index in [1.807, 2.05) is 4.90 Å². The van der Waals surface area contributed by atoms with Crippen LogP contribution in [0, 0.1) is 11.8 Å². The van der Waals surface area contributed by atoms with E-state index in [1.165, 1.54) is 109 Å². The fraction of sp³-hybridized carbons (Fsp3) is 0.933. The summed E-state index contributed by atoms with van der Waals surface area (Å²) in [6.45, 7) is 20.8. The van der Waals surface area contributed by atoms with Crippen molar-refractivity contribution in [3.05, 3.63) is 0 Å². The molecule has 408 valence electrons. The van der Waals surface area contributed by atoms with Crippen molar-refractivity contribution in [3.63, 3.8) is 0 Å². The van der Waals surface area contributed by atoms with Crippen LogP contribution >= 0.6 is 0 Å². The van der Waals surface area contributed by atoms with Crippen LogP contribution in [0.15, 0.2) is 0 Å². The molecule has 9 heteroatoms. The monoisotopic (exact) mass is 976 g/mol. The second-order valence-corrected chi connectivity index (χ2v) is 20.9. The number of carbonyl (C=O) groups excluding carboxylic acids is 4. The summed E-state index contributed by atoms with van der Waals surface area (Å²) in [6, 6.07) is -0.447. The Hall–Kier alpha value is -2.16. The van der Waals surface area contributed by atoms with Crippen molar-refractivity contribution < 1.29 is 28.7 Å². The van der Waals surface area contributed by atoms with Crippen LogP contribution in [-0.2, 0) is 28.7 Å². The van der Waals surface area contributed by atoms with Gasteiger partial charge in [-0.2, -0.15) is 0 Å². The molecule has 69 heavy (non-hydrogen) atoms. The smallest absolute Gasteiger partial charge is 0.305 e. The second kappa shape index (κ2) is 50.8. The molecule has 0 bridgehead atoms. The van der Waals surface area contributed by atoms with Gasteiger partial charge in [-0.15, -0.1) is 0 Å². The molecule has 0 rings (SSSR count). The largest absolute Gasteiger partial charge is 0.465 e. The van der Waals surface area contributed by atoms with Crippen molar-refractivity contribution in [2.75, 3.05) is 45.9 Å². The molecule has 0 spiro atoms. The summed E-state index contributed by atoms with van der Waals surface area (Å²) in [6.07, 6.45) is 41.2. The first kappa shape index (κ1) is 66.8. The van der Waals surface area contributed by atoms with Crippen molar-refractivity contribution >= 4 is 23.8 Å². The van der Waals surface area contributed by atoms with Crippen LogP contribution in [0.1, 0.15) is 299 Å². The third-order valence-corrected chi connectivity index (χ3v) is 14.6. The number of ether oxygens (including phenoxy) is 2. The predicted molar refractivity (Wildman–Crippen MR) is 294 cm³/mol. The Bertz CT molecular complexity index is 1160. The number of esters is 2. The molecule has 3 unspecified atom stereocenters. The van der Waals surface area contributed by atoms with E-state index in [9.17, 15) is 19.2 Å². The number of nitrogens with one attached hydrogen (secondary N) is 1. The van der Waals surface area contributed by atoms with E-state index in [0.717, 1.165) is 135 Å². The molecule has 0 fully saturated rings. The van der Waals surface area contributed by atoms with Gasteiger partial charge in [-0.1, -0.05) is 215 Å². The quantitative estimate of drug-likeness (QED) is 0.0478. The SMILES string of the molecule is CCCCCCCCNC(=O)C(CCCCCCCCC(=O)OCC(CCCC)CCCCCC)N(CCCCCCCCC(=O)OCC(CCCC)CCCCCC)C(=O)CCCN(CC)CC. The van der Waals surface area contributed by atoms with E-state index in [-0.39, 0.29) is 23.8 Å². The highest BCUT2D eigenvalue weighted by molar-refractivity contribution is 5.87. The molecular weight excluding hydrogens is 859 g/mol. The zero-order chi connectivity index (χ0) is 50.8. The molecule has 2 amide bonds. The van der Waals surface area contributed by atoms with Crippen LogP contribution in [0.4, 0.5) is 0 Å². The number of unbranched alkanes of at least 4 members (excludes halogenated alkanes) is 23. The topological polar surface area (TPSA) is 105 Å². The Balaban J connectivity index is 5.28. The third kappa shape index (κ3) is 41.1. The van der Waals surface area contributed by atoms with Gasteiger partial charge in [0, 0.05) is 32.4 Å². The van der Waals surface area contributed by atoms with Gasteiger partial charge in [-0.3, -0.25) is 19.2 Å². The fourth-order valence-electron chi connectivity index (χ4n) is 9.72. The summed E-state index contributed by atoms with van der Waals surface area (Å²) in [5.41, 5.74) is 0. The number of amides is 2. The minimum absolute atomic E-state index is 0.0112. The Labute approximate surface area is 428 Å².